The van der Waals surface area contributed by atoms with E-state index in [1.54, 1.807) is 7.11 Å². The van der Waals surface area contributed by atoms with Crippen molar-refractivity contribution in [3.05, 3.63) is 42.0 Å². The van der Waals surface area contributed by atoms with E-state index in [0.717, 1.165) is 24.2 Å². The molecule has 6 nitrogen and oxygen atoms in total. The van der Waals surface area contributed by atoms with Gasteiger partial charge in [0.1, 0.15) is 17.3 Å². The first-order valence-electron chi connectivity index (χ1n) is 9.99. The van der Waals surface area contributed by atoms with Crippen LogP contribution in [0.2, 0.25) is 0 Å². The van der Waals surface area contributed by atoms with Gasteiger partial charge in [-0.3, -0.25) is 9.59 Å². The Kier molecular flexibility index (Phi) is 4.91. The summed E-state index contributed by atoms with van der Waals surface area (Å²) < 4.78 is 16.8. The second-order valence-electron chi connectivity index (χ2n) is 7.84. The number of nitrogens with zero attached hydrogens (tertiary/aromatic N) is 1. The van der Waals surface area contributed by atoms with Gasteiger partial charge in [-0.1, -0.05) is 37.6 Å². The van der Waals surface area contributed by atoms with E-state index < -0.39 is 17.4 Å². The predicted molar refractivity (Wildman–Crippen MR) is 103 cm³/mol. The molecule has 150 valence electrons. The number of hydrogen-bond acceptors (Lipinski definition) is 5. The molecule has 6 heteroatoms. The van der Waals surface area contributed by atoms with E-state index in [0.29, 0.717) is 13.2 Å². The van der Waals surface area contributed by atoms with Crippen molar-refractivity contribution in [3.63, 3.8) is 0 Å². The number of amides is 1. The van der Waals surface area contributed by atoms with E-state index in [4.69, 9.17) is 14.2 Å². The van der Waals surface area contributed by atoms with Crippen molar-refractivity contribution in [2.45, 2.75) is 44.4 Å². The number of likely N-dealkylation sites (tertiary alicyclic amines) is 1. The SMILES string of the molecule is CCCCOC(=O)[C@H]1[C@@H]2C=C[C@]3(CN([C@H](C)c4ccc(OC)cc4)C(=O)[C@H]13)O2. The molecular weight excluding hydrogens is 358 g/mol. The summed E-state index contributed by atoms with van der Waals surface area (Å²) in [6, 6.07) is 7.59. The molecule has 0 radical (unpaired) electrons. The highest BCUT2D eigenvalue weighted by Gasteiger charge is 2.67. The molecule has 3 aliphatic heterocycles. The summed E-state index contributed by atoms with van der Waals surface area (Å²) in [5.41, 5.74) is 0.308. The standard InChI is InChI=1S/C22H27NO5/c1-4-5-12-27-21(25)18-17-10-11-22(28-17)13-23(20(24)19(18)22)14(2)15-6-8-16(26-3)9-7-15/h6-11,14,17-19H,4-5,12-13H2,1-3H3/t14-,17+,18+,19+,22-/m1/s1. The summed E-state index contributed by atoms with van der Waals surface area (Å²) in [6.45, 7) is 4.89. The molecule has 1 amide bonds. The Bertz CT molecular complexity index is 789. The highest BCUT2D eigenvalue weighted by molar-refractivity contribution is 5.91. The molecule has 2 saturated heterocycles. The number of carbonyl (C=O) groups excluding carboxylic acids is 2. The molecule has 0 aromatic heterocycles. The van der Waals surface area contributed by atoms with Gasteiger partial charge in [0.05, 0.1) is 38.3 Å². The number of esters is 1. The molecule has 3 aliphatic rings. The van der Waals surface area contributed by atoms with Gasteiger partial charge in [0.2, 0.25) is 5.91 Å². The fourth-order valence-corrected chi connectivity index (χ4v) is 4.60. The van der Waals surface area contributed by atoms with Crippen molar-refractivity contribution < 1.29 is 23.8 Å². The molecular formula is C22H27NO5. The third-order valence-corrected chi connectivity index (χ3v) is 6.21. The average molecular weight is 385 g/mol. The van der Waals surface area contributed by atoms with E-state index in [1.807, 2.05) is 55.2 Å². The minimum atomic E-state index is -0.711. The van der Waals surface area contributed by atoms with Crippen LogP contribution < -0.4 is 4.74 Å². The van der Waals surface area contributed by atoms with Crippen LogP contribution in [0.1, 0.15) is 38.3 Å². The van der Waals surface area contributed by atoms with Crippen molar-refractivity contribution >= 4 is 11.9 Å². The molecule has 5 atom stereocenters. The molecule has 0 saturated carbocycles. The third kappa shape index (κ3) is 2.91. The molecule has 28 heavy (non-hydrogen) atoms. The summed E-state index contributed by atoms with van der Waals surface area (Å²) in [4.78, 5) is 27.8. The number of benzene rings is 1. The first-order valence-corrected chi connectivity index (χ1v) is 9.99. The van der Waals surface area contributed by atoms with Crippen molar-refractivity contribution in [1.82, 2.24) is 4.90 Å². The van der Waals surface area contributed by atoms with Crippen LogP contribution in [-0.4, -0.2) is 48.7 Å². The van der Waals surface area contributed by atoms with Crippen molar-refractivity contribution in [3.8, 4) is 5.75 Å². The zero-order chi connectivity index (χ0) is 19.9. The zero-order valence-electron chi connectivity index (χ0n) is 16.6. The molecule has 0 unspecified atom stereocenters. The summed E-state index contributed by atoms with van der Waals surface area (Å²) in [6.07, 6.45) is 5.30. The van der Waals surface area contributed by atoms with Crippen LogP contribution in [0.15, 0.2) is 36.4 Å². The van der Waals surface area contributed by atoms with Crippen molar-refractivity contribution in [1.29, 1.82) is 0 Å². The second-order valence-corrected chi connectivity index (χ2v) is 7.84. The molecule has 4 rings (SSSR count). The maximum Gasteiger partial charge on any atom is 0.312 e. The smallest absolute Gasteiger partial charge is 0.312 e. The van der Waals surface area contributed by atoms with Gasteiger partial charge in [0, 0.05) is 0 Å². The van der Waals surface area contributed by atoms with E-state index in [2.05, 4.69) is 0 Å². The summed E-state index contributed by atoms with van der Waals surface area (Å²) in [5, 5.41) is 0. The van der Waals surface area contributed by atoms with Crippen molar-refractivity contribution in [2.24, 2.45) is 11.8 Å². The number of hydrogen-bond donors (Lipinski definition) is 0. The minimum absolute atomic E-state index is 0.0346. The predicted octanol–water partition coefficient (Wildman–Crippen LogP) is 2.88. The Morgan fingerprint density at radius 1 is 1.36 bits per heavy atom. The van der Waals surface area contributed by atoms with Crippen LogP contribution in [0.4, 0.5) is 0 Å². The van der Waals surface area contributed by atoms with E-state index in [9.17, 15) is 9.59 Å². The summed E-state index contributed by atoms with van der Waals surface area (Å²) >= 11 is 0. The average Bonchev–Trinajstić information content (AvgIpc) is 3.36. The highest BCUT2D eigenvalue weighted by Crippen LogP contribution is 2.53. The molecule has 1 spiro atoms. The largest absolute Gasteiger partial charge is 0.497 e. The van der Waals surface area contributed by atoms with E-state index >= 15 is 0 Å². The number of fused-ring (bicyclic) bond motifs is 1. The third-order valence-electron chi connectivity index (χ3n) is 6.21. The van der Waals surface area contributed by atoms with Crippen LogP contribution in [0.25, 0.3) is 0 Å². The Labute approximate surface area is 165 Å². The first kappa shape index (κ1) is 19.0. The summed E-state index contributed by atoms with van der Waals surface area (Å²) in [7, 11) is 1.63. The van der Waals surface area contributed by atoms with Gasteiger partial charge in [-0.25, -0.2) is 0 Å². The maximum atomic E-state index is 13.3. The molecule has 0 aliphatic carbocycles. The number of rotatable bonds is 7. The van der Waals surface area contributed by atoms with Crippen LogP contribution in [-0.2, 0) is 19.1 Å². The number of unbranched alkanes of at least 4 members (excludes halogenated alkanes) is 1. The maximum absolute atomic E-state index is 13.3. The van der Waals surface area contributed by atoms with Gasteiger partial charge < -0.3 is 19.1 Å². The van der Waals surface area contributed by atoms with E-state index in [-0.39, 0.29) is 24.0 Å². The fourth-order valence-electron chi connectivity index (χ4n) is 4.60. The number of methoxy groups -OCH3 is 1. The fraction of sp³-hybridized carbons (Fsp3) is 0.545. The lowest BCUT2D eigenvalue weighted by Crippen LogP contribution is -2.40. The highest BCUT2D eigenvalue weighted by atomic mass is 16.6. The van der Waals surface area contributed by atoms with Crippen LogP contribution >= 0.6 is 0 Å². The summed E-state index contributed by atoms with van der Waals surface area (Å²) in [5.74, 6) is -0.631. The first-order chi connectivity index (χ1) is 13.5. The van der Waals surface area contributed by atoms with Crippen LogP contribution in [0.5, 0.6) is 5.75 Å². The molecule has 1 aromatic carbocycles. The molecule has 1 aromatic rings. The molecule has 2 fully saturated rings. The Morgan fingerprint density at radius 2 is 2.11 bits per heavy atom. The normalized spacial score (nSPS) is 31.2. The minimum Gasteiger partial charge on any atom is -0.497 e. The van der Waals surface area contributed by atoms with Crippen LogP contribution in [0.3, 0.4) is 0 Å². The van der Waals surface area contributed by atoms with Crippen molar-refractivity contribution in [2.75, 3.05) is 20.3 Å². The van der Waals surface area contributed by atoms with E-state index in [1.165, 1.54) is 0 Å². The van der Waals surface area contributed by atoms with Gasteiger partial charge in [-0.2, -0.15) is 0 Å². The lowest BCUT2D eigenvalue weighted by atomic mass is 9.77. The van der Waals surface area contributed by atoms with Gasteiger partial charge in [-0.15, -0.1) is 0 Å². The van der Waals surface area contributed by atoms with Gasteiger partial charge in [0.15, 0.2) is 0 Å². The monoisotopic (exact) mass is 385 g/mol. The molecule has 2 bridgehead atoms. The van der Waals surface area contributed by atoms with Gasteiger partial charge in [-0.05, 0) is 31.0 Å². The number of ether oxygens (including phenoxy) is 3. The molecule has 0 N–H and O–H groups in total. The second kappa shape index (κ2) is 7.24. The molecule has 3 heterocycles. The number of carbonyl (C=O) groups is 2. The quantitative estimate of drug-likeness (QED) is 0.410. The Balaban J connectivity index is 1.54. The van der Waals surface area contributed by atoms with Gasteiger partial charge in [0.25, 0.3) is 0 Å². The lowest BCUT2D eigenvalue weighted by Gasteiger charge is -2.27. The Morgan fingerprint density at radius 3 is 2.79 bits per heavy atom. The Hall–Kier alpha value is -2.34. The lowest BCUT2D eigenvalue weighted by molar-refractivity contribution is -0.154. The van der Waals surface area contributed by atoms with Crippen LogP contribution in [0, 0.1) is 11.8 Å². The van der Waals surface area contributed by atoms with Gasteiger partial charge >= 0.3 is 5.97 Å². The topological polar surface area (TPSA) is 65.1 Å². The zero-order valence-corrected chi connectivity index (χ0v) is 16.6.